The lowest BCUT2D eigenvalue weighted by molar-refractivity contribution is -0.384. The Morgan fingerprint density at radius 1 is 1.30 bits per heavy atom. The van der Waals surface area contributed by atoms with Crippen molar-refractivity contribution in [2.45, 2.75) is 6.61 Å². The van der Waals surface area contributed by atoms with Crippen molar-refractivity contribution in [3.8, 4) is 11.6 Å². The molecule has 20 heavy (non-hydrogen) atoms. The zero-order chi connectivity index (χ0) is 14.5. The smallest absolute Gasteiger partial charge is 0.278 e. The summed E-state index contributed by atoms with van der Waals surface area (Å²) in [4.78, 5) is 14.1. The minimum absolute atomic E-state index is 0.0453. The van der Waals surface area contributed by atoms with Gasteiger partial charge in [0.1, 0.15) is 18.2 Å². The Kier molecular flexibility index (Phi) is 3.99. The second-order valence-electron chi connectivity index (χ2n) is 3.98. The van der Waals surface area contributed by atoms with Crippen molar-refractivity contribution in [2.24, 2.45) is 0 Å². The van der Waals surface area contributed by atoms with Crippen LogP contribution in [0.25, 0.3) is 0 Å². The van der Waals surface area contributed by atoms with Gasteiger partial charge >= 0.3 is 0 Å². The largest absolute Gasteiger partial charge is 0.497 e. The van der Waals surface area contributed by atoms with Crippen LogP contribution in [-0.4, -0.2) is 17.0 Å². The summed E-state index contributed by atoms with van der Waals surface area (Å²) in [5.41, 5.74) is 6.23. The fraction of sp³-hybridized carbons (Fsp3) is 0.154. The molecule has 0 atom stereocenters. The van der Waals surface area contributed by atoms with E-state index in [4.69, 9.17) is 15.2 Å². The summed E-state index contributed by atoms with van der Waals surface area (Å²) >= 11 is 0. The van der Waals surface area contributed by atoms with E-state index < -0.39 is 4.92 Å². The summed E-state index contributed by atoms with van der Waals surface area (Å²) in [5.74, 6) is 0.905. The van der Waals surface area contributed by atoms with Gasteiger partial charge in [0, 0.05) is 0 Å². The number of aromatic nitrogens is 1. The first-order chi connectivity index (χ1) is 9.58. The van der Waals surface area contributed by atoms with Crippen molar-refractivity contribution < 1.29 is 14.4 Å². The van der Waals surface area contributed by atoms with Gasteiger partial charge in [-0.15, -0.1) is 0 Å². The van der Waals surface area contributed by atoms with Crippen molar-refractivity contribution in [1.29, 1.82) is 0 Å². The Hall–Kier alpha value is -2.83. The van der Waals surface area contributed by atoms with E-state index in [0.29, 0.717) is 0 Å². The Labute approximate surface area is 115 Å². The molecule has 1 aromatic heterocycles. The molecule has 1 heterocycles. The van der Waals surface area contributed by atoms with Crippen LogP contribution in [0.5, 0.6) is 11.6 Å². The monoisotopic (exact) mass is 275 g/mol. The molecule has 0 unspecified atom stereocenters. The Balaban J connectivity index is 2.08. The standard InChI is InChI=1S/C13H13N3O4/c1-19-11-4-2-9(3-5-11)8-20-13-7-10(16(17)18)6-12(14)15-13/h2-7H,8H2,1H3,(H2,14,15). The van der Waals surface area contributed by atoms with Gasteiger partial charge in [-0.1, -0.05) is 12.1 Å². The SMILES string of the molecule is COc1ccc(COc2cc([N+](=O)[O-])cc(N)n2)cc1. The molecule has 0 fully saturated rings. The topological polar surface area (TPSA) is 101 Å². The number of hydrogen-bond donors (Lipinski definition) is 1. The summed E-state index contributed by atoms with van der Waals surface area (Å²) < 4.78 is 10.4. The van der Waals surface area contributed by atoms with Crippen LogP contribution in [0.1, 0.15) is 5.56 Å². The number of nitro groups is 1. The zero-order valence-corrected chi connectivity index (χ0v) is 10.8. The number of benzene rings is 1. The maximum Gasteiger partial charge on any atom is 0.278 e. The number of hydrogen-bond acceptors (Lipinski definition) is 6. The predicted octanol–water partition coefficient (Wildman–Crippen LogP) is 2.16. The van der Waals surface area contributed by atoms with Gasteiger partial charge < -0.3 is 15.2 Å². The highest BCUT2D eigenvalue weighted by Crippen LogP contribution is 2.21. The molecule has 0 radical (unpaired) electrons. The number of ether oxygens (including phenoxy) is 2. The highest BCUT2D eigenvalue weighted by molar-refractivity contribution is 5.45. The molecule has 0 bridgehead atoms. The molecular weight excluding hydrogens is 262 g/mol. The van der Waals surface area contributed by atoms with Crippen LogP contribution in [0, 0.1) is 10.1 Å². The van der Waals surface area contributed by atoms with Crippen LogP contribution in [0.3, 0.4) is 0 Å². The summed E-state index contributed by atoms with van der Waals surface area (Å²) in [6, 6.07) is 9.68. The molecule has 2 aromatic rings. The fourth-order valence-corrected chi connectivity index (χ4v) is 1.57. The van der Waals surface area contributed by atoms with E-state index in [9.17, 15) is 10.1 Å². The number of anilines is 1. The first-order valence-corrected chi connectivity index (χ1v) is 5.76. The summed E-state index contributed by atoms with van der Waals surface area (Å²) in [5, 5.41) is 10.7. The highest BCUT2D eigenvalue weighted by atomic mass is 16.6. The van der Waals surface area contributed by atoms with Gasteiger partial charge in [0.2, 0.25) is 5.88 Å². The predicted molar refractivity (Wildman–Crippen MR) is 72.6 cm³/mol. The normalized spacial score (nSPS) is 10.1. The Morgan fingerprint density at radius 3 is 2.60 bits per heavy atom. The van der Waals surface area contributed by atoms with E-state index in [2.05, 4.69) is 4.98 Å². The lowest BCUT2D eigenvalue weighted by Gasteiger charge is -2.06. The molecule has 1 aromatic carbocycles. The van der Waals surface area contributed by atoms with Gasteiger partial charge in [0.05, 0.1) is 24.2 Å². The average Bonchev–Trinajstić information content (AvgIpc) is 2.45. The molecule has 2 rings (SSSR count). The summed E-state index contributed by atoms with van der Waals surface area (Å²) in [7, 11) is 1.58. The molecule has 7 nitrogen and oxygen atoms in total. The van der Waals surface area contributed by atoms with Crippen molar-refractivity contribution in [3.63, 3.8) is 0 Å². The Bertz CT molecular complexity index is 614. The molecule has 104 valence electrons. The molecule has 0 spiro atoms. The molecule has 0 aliphatic heterocycles. The van der Waals surface area contributed by atoms with Crippen molar-refractivity contribution in [3.05, 3.63) is 52.1 Å². The first-order valence-electron chi connectivity index (χ1n) is 5.76. The van der Waals surface area contributed by atoms with Gasteiger partial charge in [0.25, 0.3) is 5.69 Å². The minimum Gasteiger partial charge on any atom is -0.497 e. The quantitative estimate of drug-likeness (QED) is 0.662. The molecule has 0 amide bonds. The molecule has 0 aliphatic rings. The number of rotatable bonds is 5. The van der Waals surface area contributed by atoms with Crippen molar-refractivity contribution >= 4 is 11.5 Å². The third-order valence-corrected chi connectivity index (χ3v) is 2.56. The lowest BCUT2D eigenvalue weighted by atomic mass is 10.2. The third kappa shape index (κ3) is 3.35. The van der Waals surface area contributed by atoms with E-state index in [-0.39, 0.29) is 24.0 Å². The number of nitrogens with two attached hydrogens (primary N) is 1. The molecule has 0 aliphatic carbocycles. The van der Waals surface area contributed by atoms with Crippen molar-refractivity contribution in [1.82, 2.24) is 4.98 Å². The maximum atomic E-state index is 10.7. The Morgan fingerprint density at radius 2 is 2.00 bits per heavy atom. The van der Waals surface area contributed by atoms with Crippen LogP contribution in [-0.2, 0) is 6.61 Å². The maximum absolute atomic E-state index is 10.7. The van der Waals surface area contributed by atoms with Gasteiger partial charge in [-0.05, 0) is 17.7 Å². The number of nitrogens with zero attached hydrogens (tertiary/aromatic N) is 2. The molecule has 0 saturated carbocycles. The fourth-order valence-electron chi connectivity index (χ4n) is 1.57. The van der Waals surface area contributed by atoms with Gasteiger partial charge in [0.15, 0.2) is 0 Å². The van der Waals surface area contributed by atoms with E-state index >= 15 is 0 Å². The lowest BCUT2D eigenvalue weighted by Crippen LogP contribution is -2.01. The third-order valence-electron chi connectivity index (χ3n) is 2.56. The molecule has 2 N–H and O–H groups in total. The average molecular weight is 275 g/mol. The van der Waals surface area contributed by atoms with E-state index in [0.717, 1.165) is 11.3 Å². The summed E-state index contributed by atoms with van der Waals surface area (Å²) in [6.07, 6.45) is 0. The zero-order valence-electron chi connectivity index (χ0n) is 10.8. The molecule has 7 heteroatoms. The highest BCUT2D eigenvalue weighted by Gasteiger charge is 2.10. The minimum atomic E-state index is -0.543. The number of pyridine rings is 1. The van der Waals surface area contributed by atoms with Gasteiger partial charge in [-0.25, -0.2) is 0 Å². The first kappa shape index (κ1) is 13.6. The van der Waals surface area contributed by atoms with Crippen LogP contribution >= 0.6 is 0 Å². The molecular formula is C13H13N3O4. The second kappa shape index (κ2) is 5.87. The van der Waals surface area contributed by atoms with Gasteiger partial charge in [-0.3, -0.25) is 10.1 Å². The van der Waals surface area contributed by atoms with Crippen LogP contribution < -0.4 is 15.2 Å². The number of nitrogen functional groups attached to an aromatic ring is 1. The van der Waals surface area contributed by atoms with Gasteiger partial charge in [-0.2, -0.15) is 4.98 Å². The van der Waals surface area contributed by atoms with E-state index in [1.54, 1.807) is 19.2 Å². The van der Waals surface area contributed by atoms with Crippen LogP contribution in [0.15, 0.2) is 36.4 Å². The van der Waals surface area contributed by atoms with Crippen molar-refractivity contribution in [2.75, 3.05) is 12.8 Å². The van der Waals surface area contributed by atoms with E-state index in [1.165, 1.54) is 12.1 Å². The number of methoxy groups -OCH3 is 1. The van der Waals surface area contributed by atoms with E-state index in [1.807, 2.05) is 12.1 Å². The van der Waals surface area contributed by atoms with Crippen LogP contribution in [0.2, 0.25) is 0 Å². The second-order valence-corrected chi connectivity index (χ2v) is 3.98. The van der Waals surface area contributed by atoms with Crippen LogP contribution in [0.4, 0.5) is 11.5 Å². The molecule has 0 saturated heterocycles. The summed E-state index contributed by atoms with van der Waals surface area (Å²) in [6.45, 7) is 0.234.